The van der Waals surface area contributed by atoms with Crippen molar-refractivity contribution in [3.8, 4) is 0 Å². The molecule has 0 N–H and O–H groups in total. The molecule has 0 saturated carbocycles. The van der Waals surface area contributed by atoms with E-state index in [0.717, 1.165) is 25.7 Å². The number of rotatable bonds is 12. The first-order valence-corrected chi connectivity index (χ1v) is 10.9. The fourth-order valence-corrected chi connectivity index (χ4v) is 1.82. The van der Waals surface area contributed by atoms with Gasteiger partial charge in [0.1, 0.15) is 13.2 Å². The Morgan fingerprint density at radius 1 is 0.840 bits per heavy atom. The summed E-state index contributed by atoms with van der Waals surface area (Å²) in [6.07, 6.45) is 8.75. The minimum absolute atomic E-state index is 0. The van der Waals surface area contributed by atoms with Gasteiger partial charge in [0.15, 0.2) is 0 Å². The molecule has 1 radical (unpaired) electrons. The zero-order valence-corrected chi connectivity index (χ0v) is 21.2. The molecule has 25 heavy (non-hydrogen) atoms. The summed E-state index contributed by atoms with van der Waals surface area (Å²) >= 11 is 0. The van der Waals surface area contributed by atoms with Crippen molar-refractivity contribution in [2.45, 2.75) is 79.1 Å². The Hall–Kier alpha value is 1.39. The van der Waals surface area contributed by atoms with Crippen molar-refractivity contribution >= 4 is 16.5 Å². The second-order valence-electron chi connectivity index (χ2n) is 5.24. The molecule has 147 valence electrons. The van der Waals surface area contributed by atoms with E-state index in [9.17, 15) is 18.9 Å². The Labute approximate surface area is 189 Å². The molecule has 0 heterocycles. The second kappa shape index (κ2) is 30.1. The van der Waals surface area contributed by atoms with Gasteiger partial charge in [-0.1, -0.05) is 66.2 Å². The molecule has 3 atom stereocenters. The van der Waals surface area contributed by atoms with Crippen molar-refractivity contribution in [1.82, 2.24) is 0 Å². The van der Waals surface area contributed by atoms with Crippen LogP contribution >= 0.6 is 16.5 Å². The molecule has 6 nitrogen and oxygen atoms in total. The van der Waals surface area contributed by atoms with Crippen LogP contribution in [0.4, 0.5) is 0 Å². The summed E-state index contributed by atoms with van der Waals surface area (Å²) in [4.78, 5) is 19.4. The van der Waals surface area contributed by atoms with Crippen LogP contribution in [0.1, 0.15) is 79.1 Å². The topological polar surface area (TPSA) is 98.7 Å². The van der Waals surface area contributed by atoms with Crippen LogP contribution in [0.15, 0.2) is 0 Å². The molecule has 3 unspecified atom stereocenters. The molecule has 0 aliphatic heterocycles. The molecule has 0 aromatic heterocycles. The molecule has 0 amide bonds. The number of hydrogen-bond donors (Lipinski definition) is 0. The summed E-state index contributed by atoms with van der Waals surface area (Å²) < 4.78 is 27.8. The molecule has 0 saturated heterocycles. The third-order valence-electron chi connectivity index (χ3n) is 2.93. The predicted octanol–water partition coefficient (Wildman–Crippen LogP) is 4.68. The van der Waals surface area contributed by atoms with Crippen LogP contribution in [0.25, 0.3) is 0 Å². The van der Waals surface area contributed by atoms with E-state index in [1.165, 1.54) is 25.7 Å². The maximum absolute atomic E-state index is 9.69. The fourth-order valence-electron chi connectivity index (χ4n) is 1.26. The third kappa shape index (κ3) is 45.9. The molecule has 0 spiro atoms. The summed E-state index contributed by atoms with van der Waals surface area (Å²) in [5.41, 5.74) is 0. The van der Waals surface area contributed by atoms with Gasteiger partial charge < -0.3 is 16.7 Å². The van der Waals surface area contributed by atoms with E-state index in [0.29, 0.717) is 19.1 Å². The monoisotopic (exact) mass is 527 g/mol. The van der Waals surface area contributed by atoms with Crippen LogP contribution < -0.4 is 9.79 Å². The molecular formula is C16H35NdO6P2+2. The van der Waals surface area contributed by atoms with Gasteiger partial charge in [-0.15, -0.1) is 9.05 Å². The molecule has 0 aliphatic rings. The van der Waals surface area contributed by atoms with Gasteiger partial charge in [0, 0.05) is 0 Å². The van der Waals surface area contributed by atoms with Gasteiger partial charge in [-0.25, -0.2) is 0 Å². The molecule has 0 aromatic carbocycles. The van der Waals surface area contributed by atoms with Gasteiger partial charge in [-0.05, 0) is 22.0 Å². The van der Waals surface area contributed by atoms with Crippen molar-refractivity contribution in [3.05, 3.63) is 6.92 Å². The van der Waals surface area contributed by atoms with E-state index in [-0.39, 0.29) is 40.8 Å². The zero-order valence-electron chi connectivity index (χ0n) is 16.2. The SMILES string of the molecule is CCCCO[P+](=O)[O-].CCCCO[P+](=O)[O-].[CH2-]C(CC)CCCC.[Nd+3]. The van der Waals surface area contributed by atoms with Gasteiger partial charge >= 0.3 is 57.3 Å². The van der Waals surface area contributed by atoms with E-state index in [1.807, 2.05) is 13.8 Å². The quantitative estimate of drug-likeness (QED) is 0.207. The van der Waals surface area contributed by atoms with Gasteiger partial charge in [-0.3, -0.25) is 0 Å². The normalized spacial score (nSPS) is 11.8. The predicted molar refractivity (Wildman–Crippen MR) is 95.6 cm³/mol. The van der Waals surface area contributed by atoms with Gasteiger partial charge in [0.2, 0.25) is 0 Å². The molecule has 0 bridgehead atoms. The average molecular weight is 530 g/mol. The smallest absolute Gasteiger partial charge is 0.566 e. The van der Waals surface area contributed by atoms with E-state index in [4.69, 9.17) is 0 Å². The Bertz CT molecular complexity index is 263. The van der Waals surface area contributed by atoms with Crippen LogP contribution in [0.3, 0.4) is 0 Å². The van der Waals surface area contributed by atoms with Crippen molar-refractivity contribution < 1.29 is 68.8 Å². The first kappa shape index (κ1) is 33.9. The molecule has 0 rings (SSSR count). The van der Waals surface area contributed by atoms with Crippen LogP contribution in [0.2, 0.25) is 0 Å². The number of hydrogen-bond acceptors (Lipinski definition) is 6. The van der Waals surface area contributed by atoms with Crippen molar-refractivity contribution in [2.75, 3.05) is 13.2 Å². The maximum Gasteiger partial charge on any atom is 3.00 e. The summed E-state index contributed by atoms with van der Waals surface area (Å²) in [6, 6.07) is 0. The Morgan fingerprint density at radius 3 is 1.44 bits per heavy atom. The van der Waals surface area contributed by atoms with Crippen LogP contribution in [-0.4, -0.2) is 13.2 Å². The minimum atomic E-state index is -2.61. The molecule has 0 aromatic rings. The maximum atomic E-state index is 9.69. The molecular weight excluding hydrogens is 494 g/mol. The van der Waals surface area contributed by atoms with Crippen molar-refractivity contribution in [1.29, 1.82) is 0 Å². The van der Waals surface area contributed by atoms with E-state index >= 15 is 0 Å². The largest absolute Gasteiger partial charge is 3.00 e. The van der Waals surface area contributed by atoms with Crippen molar-refractivity contribution in [2.24, 2.45) is 5.92 Å². The summed E-state index contributed by atoms with van der Waals surface area (Å²) in [5, 5.41) is 0. The summed E-state index contributed by atoms with van der Waals surface area (Å²) in [6.45, 7) is 13.0. The Kier molecular flexibility index (Phi) is 40.9. The van der Waals surface area contributed by atoms with E-state index < -0.39 is 16.5 Å². The fraction of sp³-hybridized carbons (Fsp3) is 0.938. The minimum Gasteiger partial charge on any atom is -0.566 e. The summed E-state index contributed by atoms with van der Waals surface area (Å²) in [5.74, 6) is 0.704. The first-order valence-electron chi connectivity index (χ1n) is 8.73. The summed E-state index contributed by atoms with van der Waals surface area (Å²) in [7, 11) is -5.22. The Balaban J connectivity index is -0.000000130. The second-order valence-corrected chi connectivity index (χ2v) is 6.65. The molecule has 9 heteroatoms. The third-order valence-corrected chi connectivity index (χ3v) is 3.72. The number of unbranched alkanes of at least 4 members (excludes halogenated alkanes) is 3. The first-order chi connectivity index (χ1) is 11.3. The van der Waals surface area contributed by atoms with E-state index in [2.05, 4.69) is 29.8 Å². The van der Waals surface area contributed by atoms with Gasteiger partial charge in [0.05, 0.1) is 0 Å². The molecule has 0 fully saturated rings. The van der Waals surface area contributed by atoms with Crippen LogP contribution in [0.5, 0.6) is 0 Å². The zero-order chi connectivity index (χ0) is 19.2. The Morgan fingerprint density at radius 2 is 1.20 bits per heavy atom. The van der Waals surface area contributed by atoms with Gasteiger partial charge in [0.25, 0.3) is 0 Å². The van der Waals surface area contributed by atoms with Crippen molar-refractivity contribution in [3.63, 3.8) is 0 Å². The van der Waals surface area contributed by atoms with Crippen LogP contribution in [0, 0.1) is 53.7 Å². The average Bonchev–Trinajstić information content (AvgIpc) is 2.53. The molecule has 0 aliphatic carbocycles. The van der Waals surface area contributed by atoms with Crippen LogP contribution in [-0.2, 0) is 18.2 Å². The standard InChI is InChI=1S/C8H17.2C4H9O3P.Nd/c1-4-6-7-8(3)5-2;2*1-2-3-4-7-8(5)6;/h8H,3-7H2,1-2H3;2*2-4H2,1H3;/q-1;;;+3. The van der Waals surface area contributed by atoms with E-state index in [1.54, 1.807) is 0 Å². The van der Waals surface area contributed by atoms with Gasteiger partial charge in [-0.2, -0.15) is 5.92 Å².